The maximum absolute atomic E-state index is 13.0. The van der Waals surface area contributed by atoms with Crippen molar-refractivity contribution in [3.8, 4) is 5.69 Å². The van der Waals surface area contributed by atoms with E-state index in [-0.39, 0.29) is 18.3 Å². The van der Waals surface area contributed by atoms with E-state index >= 15 is 0 Å². The van der Waals surface area contributed by atoms with Crippen LogP contribution < -0.4 is 0 Å². The van der Waals surface area contributed by atoms with Gasteiger partial charge < -0.3 is 10.0 Å². The molecule has 1 aromatic carbocycles. The topological polar surface area (TPSA) is 75.4 Å². The molecular weight excluding hydrogens is 313 g/mol. The van der Waals surface area contributed by atoms with Crippen molar-refractivity contribution in [1.82, 2.24) is 14.7 Å². The Hall–Kier alpha value is -2.70. The van der Waals surface area contributed by atoms with Crippen molar-refractivity contribution >= 4 is 11.9 Å². The Bertz CT molecular complexity index is 800. The molecule has 1 amide bonds. The summed E-state index contributed by atoms with van der Waals surface area (Å²) in [7, 11) is 0. The first-order valence-electron chi connectivity index (χ1n) is 7.65. The molecule has 126 valence electrons. The number of likely N-dealkylation sites (tertiary alicyclic amines) is 1. The van der Waals surface area contributed by atoms with Crippen LogP contribution in [0.15, 0.2) is 30.5 Å². The second-order valence-electron chi connectivity index (χ2n) is 6.37. The van der Waals surface area contributed by atoms with Gasteiger partial charge in [-0.3, -0.25) is 9.59 Å². The molecule has 1 fully saturated rings. The Labute approximate surface area is 138 Å². The molecule has 0 aliphatic carbocycles. The van der Waals surface area contributed by atoms with Crippen molar-refractivity contribution in [1.29, 1.82) is 0 Å². The lowest BCUT2D eigenvalue weighted by atomic mass is 9.90. The van der Waals surface area contributed by atoms with Gasteiger partial charge in [0.05, 0.1) is 28.6 Å². The van der Waals surface area contributed by atoms with E-state index in [1.807, 2.05) is 0 Å². The minimum absolute atomic E-state index is 0.183. The smallest absolute Gasteiger partial charge is 0.311 e. The number of halogens is 1. The fourth-order valence-electron chi connectivity index (χ4n) is 2.94. The number of amides is 1. The highest BCUT2D eigenvalue weighted by molar-refractivity contribution is 5.96. The van der Waals surface area contributed by atoms with Gasteiger partial charge in [0.25, 0.3) is 5.91 Å². The van der Waals surface area contributed by atoms with Gasteiger partial charge in [-0.1, -0.05) is 0 Å². The van der Waals surface area contributed by atoms with Gasteiger partial charge in [0.15, 0.2) is 0 Å². The zero-order chi connectivity index (χ0) is 17.5. The number of carbonyl (C=O) groups is 2. The highest BCUT2D eigenvalue weighted by Crippen LogP contribution is 2.31. The quantitative estimate of drug-likeness (QED) is 0.936. The van der Waals surface area contributed by atoms with Crippen molar-refractivity contribution < 1.29 is 19.1 Å². The predicted octanol–water partition coefficient (Wildman–Crippen LogP) is 2.26. The van der Waals surface area contributed by atoms with E-state index in [2.05, 4.69) is 5.10 Å². The summed E-state index contributed by atoms with van der Waals surface area (Å²) >= 11 is 0. The van der Waals surface area contributed by atoms with Crippen LogP contribution >= 0.6 is 0 Å². The summed E-state index contributed by atoms with van der Waals surface area (Å²) in [6.45, 7) is 4.00. The maximum atomic E-state index is 13.0. The standard InChI is InChI=1S/C17H18FN3O3/c1-11-14(9-19-21(11)13-5-3-12(18)4-6-13)15(22)20-8-7-17(2,10-20)16(23)24/h3-6,9H,7-8,10H2,1-2H3,(H,23,24). The maximum Gasteiger partial charge on any atom is 0.311 e. The number of carbonyl (C=O) groups excluding carboxylic acids is 1. The summed E-state index contributed by atoms with van der Waals surface area (Å²) in [5.74, 6) is -1.47. The summed E-state index contributed by atoms with van der Waals surface area (Å²) in [4.78, 5) is 25.6. The number of carboxylic acids is 1. The molecule has 0 radical (unpaired) electrons. The summed E-state index contributed by atoms with van der Waals surface area (Å²) < 4.78 is 14.6. The zero-order valence-corrected chi connectivity index (χ0v) is 13.5. The number of aliphatic carboxylic acids is 1. The molecular formula is C17H18FN3O3. The molecule has 1 saturated heterocycles. The lowest BCUT2D eigenvalue weighted by molar-refractivity contribution is -0.147. The number of nitrogens with zero attached hydrogens (tertiary/aromatic N) is 3. The SMILES string of the molecule is Cc1c(C(=O)N2CCC(C)(C(=O)O)C2)cnn1-c1ccc(F)cc1. The van der Waals surface area contributed by atoms with Crippen molar-refractivity contribution in [2.75, 3.05) is 13.1 Å². The van der Waals surface area contributed by atoms with Gasteiger partial charge in [-0.2, -0.15) is 5.10 Å². The van der Waals surface area contributed by atoms with E-state index in [4.69, 9.17) is 0 Å². The van der Waals surface area contributed by atoms with Crippen LogP contribution in [0.5, 0.6) is 0 Å². The Kier molecular flexibility index (Phi) is 3.87. The second-order valence-corrected chi connectivity index (χ2v) is 6.37. The van der Waals surface area contributed by atoms with Crippen molar-refractivity contribution in [3.63, 3.8) is 0 Å². The molecule has 0 spiro atoms. The molecule has 24 heavy (non-hydrogen) atoms. The molecule has 6 nitrogen and oxygen atoms in total. The van der Waals surface area contributed by atoms with E-state index in [0.29, 0.717) is 29.9 Å². The van der Waals surface area contributed by atoms with Crippen LogP contribution in [0.4, 0.5) is 4.39 Å². The number of benzene rings is 1. The molecule has 1 atom stereocenters. The molecule has 2 heterocycles. The number of hydrogen-bond acceptors (Lipinski definition) is 3. The summed E-state index contributed by atoms with van der Waals surface area (Å²) in [6, 6.07) is 5.83. The van der Waals surface area contributed by atoms with Crippen LogP contribution in [0.2, 0.25) is 0 Å². The van der Waals surface area contributed by atoms with Gasteiger partial charge in [-0.05, 0) is 44.5 Å². The average Bonchev–Trinajstić information content (AvgIpc) is 3.12. The van der Waals surface area contributed by atoms with Crippen LogP contribution in [0.1, 0.15) is 29.4 Å². The third kappa shape index (κ3) is 2.66. The third-order valence-corrected chi connectivity index (χ3v) is 4.59. The molecule has 1 aliphatic rings. The molecule has 1 aliphatic heterocycles. The largest absolute Gasteiger partial charge is 0.481 e. The van der Waals surface area contributed by atoms with Gasteiger partial charge in [0.1, 0.15) is 5.82 Å². The predicted molar refractivity (Wildman–Crippen MR) is 84.5 cm³/mol. The number of aromatic nitrogens is 2. The highest BCUT2D eigenvalue weighted by Gasteiger charge is 2.42. The van der Waals surface area contributed by atoms with Crippen LogP contribution in [-0.2, 0) is 4.79 Å². The number of hydrogen-bond donors (Lipinski definition) is 1. The zero-order valence-electron chi connectivity index (χ0n) is 13.5. The van der Waals surface area contributed by atoms with E-state index in [0.717, 1.165) is 0 Å². The fourth-order valence-corrected chi connectivity index (χ4v) is 2.94. The first-order valence-corrected chi connectivity index (χ1v) is 7.65. The van der Waals surface area contributed by atoms with Gasteiger partial charge in [-0.15, -0.1) is 0 Å². The fraction of sp³-hybridized carbons (Fsp3) is 0.353. The molecule has 7 heteroatoms. The molecule has 1 aromatic heterocycles. The van der Waals surface area contributed by atoms with Crippen LogP contribution in [-0.4, -0.2) is 44.8 Å². The number of rotatable bonds is 3. The molecule has 1 N–H and O–H groups in total. The lowest BCUT2D eigenvalue weighted by Crippen LogP contribution is -2.35. The highest BCUT2D eigenvalue weighted by atomic mass is 19.1. The van der Waals surface area contributed by atoms with Gasteiger partial charge in [0, 0.05) is 13.1 Å². The summed E-state index contributed by atoms with van der Waals surface area (Å²) in [5.41, 5.74) is 0.811. The van der Waals surface area contributed by atoms with Crippen molar-refractivity contribution in [2.45, 2.75) is 20.3 Å². The Morgan fingerprint density at radius 1 is 1.29 bits per heavy atom. The minimum Gasteiger partial charge on any atom is -0.481 e. The van der Waals surface area contributed by atoms with E-state index in [1.54, 1.807) is 35.6 Å². The molecule has 3 rings (SSSR count). The van der Waals surface area contributed by atoms with E-state index in [1.165, 1.54) is 18.3 Å². The molecule has 1 unspecified atom stereocenters. The van der Waals surface area contributed by atoms with Crippen molar-refractivity contribution in [2.24, 2.45) is 5.41 Å². The van der Waals surface area contributed by atoms with Crippen LogP contribution in [0, 0.1) is 18.2 Å². The van der Waals surface area contributed by atoms with Crippen LogP contribution in [0.25, 0.3) is 5.69 Å². The summed E-state index contributed by atoms with van der Waals surface area (Å²) in [6.07, 6.45) is 1.90. The van der Waals surface area contributed by atoms with Crippen LogP contribution in [0.3, 0.4) is 0 Å². The molecule has 2 aromatic rings. The summed E-state index contributed by atoms with van der Waals surface area (Å²) in [5, 5.41) is 13.5. The first-order chi connectivity index (χ1) is 11.3. The van der Waals surface area contributed by atoms with Gasteiger partial charge in [0.2, 0.25) is 0 Å². The van der Waals surface area contributed by atoms with Gasteiger partial charge >= 0.3 is 5.97 Å². The van der Waals surface area contributed by atoms with E-state index in [9.17, 15) is 19.1 Å². The number of carboxylic acid groups (broad SMARTS) is 1. The molecule has 0 saturated carbocycles. The van der Waals surface area contributed by atoms with Gasteiger partial charge in [-0.25, -0.2) is 9.07 Å². The Balaban J connectivity index is 1.85. The normalized spacial score (nSPS) is 20.4. The Morgan fingerprint density at radius 3 is 2.54 bits per heavy atom. The Morgan fingerprint density at radius 2 is 1.96 bits per heavy atom. The average molecular weight is 331 g/mol. The second kappa shape index (κ2) is 5.74. The van der Waals surface area contributed by atoms with E-state index < -0.39 is 11.4 Å². The first kappa shape index (κ1) is 16.2. The molecule has 0 bridgehead atoms. The minimum atomic E-state index is -0.906. The van der Waals surface area contributed by atoms with Crippen molar-refractivity contribution in [3.05, 3.63) is 47.5 Å². The lowest BCUT2D eigenvalue weighted by Gasteiger charge is -2.20. The monoisotopic (exact) mass is 331 g/mol. The third-order valence-electron chi connectivity index (χ3n) is 4.59.